The van der Waals surface area contributed by atoms with Gasteiger partial charge in [0.2, 0.25) is 0 Å². The Morgan fingerprint density at radius 3 is 2.61 bits per heavy atom. The van der Waals surface area contributed by atoms with Gasteiger partial charge in [-0.1, -0.05) is 30.1 Å². The second-order valence-electron chi connectivity index (χ2n) is 3.93. The van der Waals surface area contributed by atoms with Gasteiger partial charge in [-0.2, -0.15) is 0 Å². The van der Waals surface area contributed by atoms with Gasteiger partial charge >= 0.3 is 5.97 Å². The predicted molar refractivity (Wildman–Crippen MR) is 68.1 cm³/mol. The minimum Gasteiger partial charge on any atom is -0.480 e. The number of halogens is 2. The number of amides is 1. The van der Waals surface area contributed by atoms with Crippen LogP contribution in [0, 0.1) is 0 Å². The van der Waals surface area contributed by atoms with E-state index in [9.17, 15) is 9.59 Å². The van der Waals surface area contributed by atoms with Crippen molar-refractivity contribution in [2.24, 2.45) is 0 Å². The third-order valence-corrected chi connectivity index (χ3v) is 3.14. The maximum Gasteiger partial charge on any atom is 0.329 e. The van der Waals surface area contributed by atoms with Crippen molar-refractivity contribution < 1.29 is 14.7 Å². The smallest absolute Gasteiger partial charge is 0.329 e. The first kappa shape index (κ1) is 14.7. The summed E-state index contributed by atoms with van der Waals surface area (Å²) in [5, 5.41) is 11.7. The van der Waals surface area contributed by atoms with E-state index in [1.807, 2.05) is 0 Å². The lowest BCUT2D eigenvalue weighted by atomic mass is 9.98. The van der Waals surface area contributed by atoms with Crippen LogP contribution in [-0.2, 0) is 4.79 Å². The minimum atomic E-state index is -1.35. The van der Waals surface area contributed by atoms with E-state index in [-0.39, 0.29) is 22.2 Å². The first-order valence-corrected chi connectivity index (χ1v) is 5.92. The van der Waals surface area contributed by atoms with E-state index in [1.165, 1.54) is 19.2 Å². The molecule has 0 aromatic carbocycles. The second-order valence-corrected chi connectivity index (χ2v) is 4.73. The van der Waals surface area contributed by atoms with E-state index in [4.69, 9.17) is 28.3 Å². The fraction of sp³-hybridized carbons (Fsp3) is 0.364. The highest BCUT2D eigenvalue weighted by Crippen LogP contribution is 2.19. The van der Waals surface area contributed by atoms with Crippen molar-refractivity contribution in [1.82, 2.24) is 10.3 Å². The van der Waals surface area contributed by atoms with Crippen molar-refractivity contribution in [3.63, 3.8) is 0 Å². The average molecular weight is 291 g/mol. The molecule has 0 radical (unpaired) electrons. The van der Waals surface area contributed by atoms with Crippen LogP contribution in [0.2, 0.25) is 10.2 Å². The van der Waals surface area contributed by atoms with Crippen LogP contribution >= 0.6 is 23.2 Å². The number of carboxylic acid groups (broad SMARTS) is 1. The fourth-order valence-electron chi connectivity index (χ4n) is 1.20. The maximum atomic E-state index is 12.0. The van der Waals surface area contributed by atoms with Gasteiger partial charge in [-0.3, -0.25) is 4.79 Å². The molecule has 2 N–H and O–H groups in total. The average Bonchev–Trinajstić information content (AvgIpc) is 2.31. The molecule has 1 amide bonds. The molecule has 98 valence electrons. The Labute approximate surface area is 114 Å². The third-order valence-electron chi connectivity index (χ3n) is 2.64. The molecule has 1 aromatic heterocycles. The van der Waals surface area contributed by atoms with Gasteiger partial charge in [0, 0.05) is 6.20 Å². The van der Waals surface area contributed by atoms with Crippen LogP contribution in [0.15, 0.2) is 12.3 Å². The molecule has 1 rings (SSSR count). The Morgan fingerprint density at radius 1 is 1.50 bits per heavy atom. The number of aliphatic carboxylic acids is 1. The molecule has 0 aliphatic carbocycles. The second kappa shape index (κ2) is 5.54. The highest BCUT2D eigenvalue weighted by Gasteiger charge is 2.33. The largest absolute Gasteiger partial charge is 0.480 e. The van der Waals surface area contributed by atoms with E-state index in [0.29, 0.717) is 0 Å². The number of nitrogens with one attached hydrogen (secondary N) is 1. The highest BCUT2D eigenvalue weighted by molar-refractivity contribution is 6.35. The minimum absolute atomic E-state index is 0.0950. The van der Waals surface area contributed by atoms with E-state index >= 15 is 0 Å². The lowest BCUT2D eigenvalue weighted by Gasteiger charge is -2.24. The first-order valence-electron chi connectivity index (χ1n) is 5.17. The van der Waals surface area contributed by atoms with E-state index in [2.05, 4.69) is 10.3 Å². The molecule has 18 heavy (non-hydrogen) atoms. The molecular formula is C11H12Cl2N2O3. The van der Waals surface area contributed by atoms with E-state index in [0.717, 1.165) is 0 Å². The van der Waals surface area contributed by atoms with Gasteiger partial charge in [-0.15, -0.1) is 0 Å². The summed E-state index contributed by atoms with van der Waals surface area (Å²) in [5.41, 5.74) is -1.26. The van der Waals surface area contributed by atoms with Gasteiger partial charge in [0.15, 0.2) is 0 Å². The maximum absolute atomic E-state index is 12.0. The van der Waals surface area contributed by atoms with E-state index < -0.39 is 17.4 Å². The molecule has 1 atom stereocenters. The molecular weight excluding hydrogens is 279 g/mol. The predicted octanol–water partition coefficient (Wildman–Crippen LogP) is 2.37. The van der Waals surface area contributed by atoms with Crippen molar-refractivity contribution in [2.75, 3.05) is 0 Å². The Hall–Kier alpha value is -1.33. The molecule has 0 saturated heterocycles. The molecule has 0 fully saturated rings. The Bertz CT molecular complexity index is 493. The van der Waals surface area contributed by atoms with Gasteiger partial charge in [0.25, 0.3) is 5.91 Å². The molecule has 1 unspecified atom stereocenters. The highest BCUT2D eigenvalue weighted by atomic mass is 35.5. The van der Waals surface area contributed by atoms with Crippen LogP contribution in [0.1, 0.15) is 30.6 Å². The summed E-state index contributed by atoms with van der Waals surface area (Å²) in [4.78, 5) is 26.7. The molecule has 5 nitrogen and oxygen atoms in total. The first-order chi connectivity index (χ1) is 8.30. The number of carbonyl (C=O) groups is 2. The van der Waals surface area contributed by atoms with Crippen molar-refractivity contribution in [2.45, 2.75) is 25.8 Å². The van der Waals surface area contributed by atoms with Crippen LogP contribution in [-0.4, -0.2) is 27.5 Å². The lowest BCUT2D eigenvalue weighted by Crippen LogP contribution is -2.51. The zero-order chi connectivity index (χ0) is 13.9. The summed E-state index contributed by atoms with van der Waals surface area (Å²) in [6, 6.07) is 1.29. The number of aromatic nitrogens is 1. The molecule has 0 spiro atoms. The van der Waals surface area contributed by atoms with Crippen LogP contribution in [0.5, 0.6) is 0 Å². The van der Waals surface area contributed by atoms with Crippen LogP contribution in [0.25, 0.3) is 0 Å². The van der Waals surface area contributed by atoms with Crippen LogP contribution < -0.4 is 5.32 Å². The summed E-state index contributed by atoms with van der Waals surface area (Å²) in [6.07, 6.45) is 1.48. The van der Waals surface area contributed by atoms with Gasteiger partial charge in [0.05, 0.1) is 10.6 Å². The normalized spacial score (nSPS) is 13.8. The van der Waals surface area contributed by atoms with Gasteiger partial charge < -0.3 is 10.4 Å². The summed E-state index contributed by atoms with van der Waals surface area (Å²) < 4.78 is 0. The van der Waals surface area contributed by atoms with Crippen LogP contribution in [0.3, 0.4) is 0 Å². The fourth-order valence-corrected chi connectivity index (χ4v) is 1.55. The molecule has 0 aliphatic rings. The van der Waals surface area contributed by atoms with Gasteiger partial charge in [0.1, 0.15) is 10.7 Å². The zero-order valence-corrected chi connectivity index (χ0v) is 11.3. The standard InChI is InChI=1S/C11H12Cl2N2O3/c1-3-11(2,10(17)18)15-9(16)6-4-8(13)14-5-7(6)12/h4-5H,3H2,1-2H3,(H,15,16)(H,17,18). The monoisotopic (exact) mass is 290 g/mol. The molecule has 0 bridgehead atoms. The van der Waals surface area contributed by atoms with Crippen LogP contribution in [0.4, 0.5) is 0 Å². The Morgan fingerprint density at radius 2 is 2.11 bits per heavy atom. The Balaban J connectivity index is 3.02. The SMILES string of the molecule is CCC(C)(NC(=O)c1cc(Cl)ncc1Cl)C(=O)O. The number of carbonyl (C=O) groups excluding carboxylic acids is 1. The van der Waals surface area contributed by atoms with Crippen molar-refractivity contribution in [3.05, 3.63) is 28.0 Å². The third kappa shape index (κ3) is 3.11. The topological polar surface area (TPSA) is 79.3 Å². The molecule has 7 heteroatoms. The number of rotatable bonds is 4. The molecule has 1 aromatic rings. The zero-order valence-electron chi connectivity index (χ0n) is 9.83. The van der Waals surface area contributed by atoms with Gasteiger partial charge in [-0.25, -0.2) is 9.78 Å². The van der Waals surface area contributed by atoms with Gasteiger partial charge in [-0.05, 0) is 19.4 Å². The molecule has 0 saturated carbocycles. The number of hydrogen-bond acceptors (Lipinski definition) is 3. The number of pyridine rings is 1. The Kier molecular flexibility index (Phi) is 4.53. The summed E-state index contributed by atoms with van der Waals surface area (Å²) >= 11 is 11.5. The molecule has 0 aliphatic heterocycles. The number of nitrogens with zero attached hydrogens (tertiary/aromatic N) is 1. The molecule has 1 heterocycles. The summed E-state index contributed by atoms with van der Waals surface area (Å²) in [7, 11) is 0. The van der Waals surface area contributed by atoms with Crippen molar-refractivity contribution >= 4 is 35.1 Å². The van der Waals surface area contributed by atoms with Crippen molar-refractivity contribution in [3.8, 4) is 0 Å². The van der Waals surface area contributed by atoms with E-state index in [1.54, 1.807) is 6.92 Å². The number of carboxylic acids is 1. The summed E-state index contributed by atoms with van der Waals surface area (Å²) in [5.74, 6) is -1.72. The van der Waals surface area contributed by atoms with Crippen molar-refractivity contribution in [1.29, 1.82) is 0 Å². The number of hydrogen-bond donors (Lipinski definition) is 2. The summed E-state index contributed by atoms with van der Waals surface area (Å²) in [6.45, 7) is 3.08. The lowest BCUT2D eigenvalue weighted by molar-refractivity contribution is -0.143. The quantitative estimate of drug-likeness (QED) is 0.835.